The van der Waals surface area contributed by atoms with Crippen molar-refractivity contribution in [3.05, 3.63) is 24.3 Å². The Kier molecular flexibility index (Phi) is 5.45. The molecule has 1 amide bonds. The Morgan fingerprint density at radius 2 is 1.61 bits per heavy atom. The second kappa shape index (κ2) is 7.27. The van der Waals surface area contributed by atoms with E-state index in [1.807, 2.05) is 72.7 Å². The van der Waals surface area contributed by atoms with Gasteiger partial charge in [0.25, 0.3) is 0 Å². The van der Waals surface area contributed by atoms with Crippen molar-refractivity contribution in [1.29, 1.82) is 0 Å². The van der Waals surface area contributed by atoms with Crippen LogP contribution in [0.5, 0.6) is 5.75 Å². The Hall–Kier alpha value is -1.73. The van der Waals surface area contributed by atoms with Crippen LogP contribution in [0.1, 0.15) is 61.3 Å². The normalized spacial score (nSPS) is 25.8. The molecule has 1 saturated carbocycles. The predicted octanol–water partition coefficient (Wildman–Crippen LogP) is 3.42. The molecular weight excluding hydrogens is 357 g/mol. The van der Waals surface area contributed by atoms with Crippen LogP contribution in [0.3, 0.4) is 0 Å². The standard InChI is InChI=1S/C21H32BNO5/c1-19(2,3)26-18(24)23-15-12-17(13-15)25-16-10-8-14(9-11-16)22-27-20(4,5)21(6,7)28-22/h8-11,15,17H,12-13H2,1-7H3,(H,23,24)/t15-,17+. The minimum absolute atomic E-state index is 0.0997. The van der Waals surface area contributed by atoms with E-state index in [1.165, 1.54) is 0 Å². The molecule has 0 aromatic heterocycles. The molecule has 1 saturated heterocycles. The fraction of sp³-hybridized carbons (Fsp3) is 0.667. The monoisotopic (exact) mass is 389 g/mol. The highest BCUT2D eigenvalue weighted by Gasteiger charge is 2.51. The van der Waals surface area contributed by atoms with Gasteiger partial charge in [0.2, 0.25) is 0 Å². The van der Waals surface area contributed by atoms with E-state index in [-0.39, 0.29) is 36.6 Å². The zero-order valence-corrected chi connectivity index (χ0v) is 18.0. The van der Waals surface area contributed by atoms with Crippen molar-refractivity contribution in [2.45, 2.75) is 90.3 Å². The third-order valence-electron chi connectivity index (χ3n) is 5.52. The van der Waals surface area contributed by atoms with E-state index < -0.39 is 5.60 Å². The molecule has 1 aromatic carbocycles. The second-order valence-electron chi connectivity index (χ2n) is 9.71. The number of rotatable bonds is 4. The summed E-state index contributed by atoms with van der Waals surface area (Å²) in [5.74, 6) is 0.806. The molecule has 1 aliphatic heterocycles. The molecule has 28 heavy (non-hydrogen) atoms. The van der Waals surface area contributed by atoms with Crippen molar-refractivity contribution in [2.24, 2.45) is 0 Å². The summed E-state index contributed by atoms with van der Waals surface area (Å²) < 4.78 is 23.4. The van der Waals surface area contributed by atoms with Crippen LogP contribution in [0.4, 0.5) is 4.79 Å². The zero-order valence-electron chi connectivity index (χ0n) is 18.0. The molecule has 1 heterocycles. The van der Waals surface area contributed by atoms with Gasteiger partial charge in [-0.25, -0.2) is 4.79 Å². The van der Waals surface area contributed by atoms with Gasteiger partial charge in [-0.05, 0) is 66.1 Å². The van der Waals surface area contributed by atoms with Crippen LogP contribution in [0, 0.1) is 0 Å². The molecule has 0 spiro atoms. The lowest BCUT2D eigenvalue weighted by atomic mass is 9.79. The van der Waals surface area contributed by atoms with Crippen molar-refractivity contribution < 1.29 is 23.6 Å². The molecular formula is C21H32BNO5. The third kappa shape index (κ3) is 4.81. The maximum absolute atomic E-state index is 11.8. The lowest BCUT2D eigenvalue weighted by Crippen LogP contribution is -2.50. The number of amides is 1. The Morgan fingerprint density at radius 3 is 2.11 bits per heavy atom. The maximum atomic E-state index is 11.8. The summed E-state index contributed by atoms with van der Waals surface area (Å²) in [5.41, 5.74) is -0.212. The minimum Gasteiger partial charge on any atom is -0.490 e. The number of hydrogen-bond donors (Lipinski definition) is 1. The van der Waals surface area contributed by atoms with Crippen molar-refractivity contribution >= 4 is 18.7 Å². The van der Waals surface area contributed by atoms with Crippen molar-refractivity contribution in [1.82, 2.24) is 5.32 Å². The molecule has 7 heteroatoms. The minimum atomic E-state index is -0.483. The molecule has 0 bridgehead atoms. The van der Waals surface area contributed by atoms with E-state index >= 15 is 0 Å². The van der Waals surface area contributed by atoms with E-state index in [0.717, 1.165) is 24.1 Å². The highest BCUT2D eigenvalue weighted by molar-refractivity contribution is 6.62. The fourth-order valence-corrected chi connectivity index (χ4v) is 3.13. The zero-order chi connectivity index (χ0) is 20.7. The van der Waals surface area contributed by atoms with Gasteiger partial charge in [-0.2, -0.15) is 0 Å². The summed E-state index contributed by atoms with van der Waals surface area (Å²) in [5, 5.41) is 2.88. The Balaban J connectivity index is 1.46. The average molecular weight is 389 g/mol. The molecule has 1 aromatic rings. The molecule has 6 nitrogen and oxygen atoms in total. The molecule has 154 valence electrons. The van der Waals surface area contributed by atoms with E-state index in [9.17, 15) is 4.79 Å². The van der Waals surface area contributed by atoms with Crippen LogP contribution >= 0.6 is 0 Å². The number of carbonyl (C=O) groups is 1. The Bertz CT molecular complexity index is 689. The van der Waals surface area contributed by atoms with E-state index in [4.69, 9.17) is 18.8 Å². The number of nitrogens with one attached hydrogen (secondary N) is 1. The van der Waals surface area contributed by atoms with E-state index in [1.54, 1.807) is 0 Å². The summed E-state index contributed by atoms with van der Waals surface area (Å²) in [6, 6.07) is 7.94. The lowest BCUT2D eigenvalue weighted by molar-refractivity contribution is 0.00578. The molecule has 0 unspecified atom stereocenters. The first-order valence-corrected chi connectivity index (χ1v) is 9.96. The number of ether oxygens (including phenoxy) is 2. The molecule has 3 rings (SSSR count). The van der Waals surface area contributed by atoms with Gasteiger partial charge in [0.15, 0.2) is 0 Å². The molecule has 0 radical (unpaired) electrons. The topological polar surface area (TPSA) is 66.0 Å². The third-order valence-corrected chi connectivity index (χ3v) is 5.52. The SMILES string of the molecule is CC(C)(C)OC(=O)N[C@H]1C[C@@H](Oc2ccc(B3OC(C)(C)C(C)(C)O3)cc2)C1. The first-order valence-electron chi connectivity index (χ1n) is 9.96. The van der Waals surface area contributed by atoms with Crippen molar-refractivity contribution in [3.63, 3.8) is 0 Å². The summed E-state index contributed by atoms with van der Waals surface area (Å²) in [4.78, 5) is 11.8. The summed E-state index contributed by atoms with van der Waals surface area (Å²) in [7, 11) is -0.370. The number of alkyl carbamates (subject to hydrolysis) is 1. The lowest BCUT2D eigenvalue weighted by Gasteiger charge is -2.36. The van der Waals surface area contributed by atoms with Gasteiger partial charge < -0.3 is 24.1 Å². The molecule has 2 fully saturated rings. The van der Waals surface area contributed by atoms with E-state index in [2.05, 4.69) is 5.32 Å². The van der Waals surface area contributed by atoms with Gasteiger partial charge in [-0.15, -0.1) is 0 Å². The number of benzene rings is 1. The maximum Gasteiger partial charge on any atom is 0.494 e. The fourth-order valence-electron chi connectivity index (χ4n) is 3.13. The van der Waals surface area contributed by atoms with Crippen molar-refractivity contribution in [3.8, 4) is 5.75 Å². The summed E-state index contributed by atoms with van der Waals surface area (Å²) >= 11 is 0. The van der Waals surface area contributed by atoms with Crippen LogP contribution in [0.25, 0.3) is 0 Å². The van der Waals surface area contributed by atoms with Crippen LogP contribution in [0.15, 0.2) is 24.3 Å². The number of hydrogen-bond acceptors (Lipinski definition) is 5. The van der Waals surface area contributed by atoms with Gasteiger partial charge in [-0.1, -0.05) is 12.1 Å². The smallest absolute Gasteiger partial charge is 0.490 e. The number of carbonyl (C=O) groups excluding carboxylic acids is 1. The van der Waals surface area contributed by atoms with Gasteiger partial charge in [0.1, 0.15) is 17.5 Å². The Labute approximate surface area is 168 Å². The van der Waals surface area contributed by atoms with Gasteiger partial charge >= 0.3 is 13.2 Å². The van der Waals surface area contributed by atoms with Crippen LogP contribution in [-0.2, 0) is 14.0 Å². The Morgan fingerprint density at radius 1 is 1.07 bits per heavy atom. The average Bonchev–Trinajstić information content (AvgIpc) is 2.72. The van der Waals surface area contributed by atoms with Crippen molar-refractivity contribution in [2.75, 3.05) is 0 Å². The van der Waals surface area contributed by atoms with E-state index in [0.29, 0.717) is 0 Å². The van der Waals surface area contributed by atoms with Crippen LogP contribution in [0.2, 0.25) is 0 Å². The van der Waals surface area contributed by atoms with Gasteiger partial charge in [-0.3, -0.25) is 0 Å². The highest BCUT2D eigenvalue weighted by atomic mass is 16.7. The molecule has 1 aliphatic carbocycles. The largest absolute Gasteiger partial charge is 0.494 e. The van der Waals surface area contributed by atoms with Crippen LogP contribution in [-0.4, -0.2) is 42.2 Å². The van der Waals surface area contributed by atoms with Gasteiger partial charge in [0, 0.05) is 18.9 Å². The first-order chi connectivity index (χ1) is 12.8. The second-order valence-corrected chi connectivity index (χ2v) is 9.71. The highest BCUT2D eigenvalue weighted by Crippen LogP contribution is 2.36. The quantitative estimate of drug-likeness (QED) is 0.800. The van der Waals surface area contributed by atoms with Crippen LogP contribution < -0.4 is 15.5 Å². The molecule has 0 atom stereocenters. The van der Waals surface area contributed by atoms with Gasteiger partial charge in [0.05, 0.1) is 11.2 Å². The summed E-state index contributed by atoms with van der Waals surface area (Å²) in [6.07, 6.45) is 1.28. The predicted molar refractivity (Wildman–Crippen MR) is 109 cm³/mol. The molecule has 2 aliphatic rings. The first kappa shape index (κ1) is 21.0. The summed E-state index contributed by atoms with van der Waals surface area (Å²) in [6.45, 7) is 13.7. The molecule has 1 N–H and O–H groups in total.